The molecule has 1 fully saturated rings. The van der Waals surface area contributed by atoms with Gasteiger partial charge in [0.2, 0.25) is 11.8 Å². The maximum absolute atomic E-state index is 14.1. The summed E-state index contributed by atoms with van der Waals surface area (Å²) >= 11 is 18.8. The van der Waals surface area contributed by atoms with E-state index in [4.69, 9.17) is 34.8 Å². The highest BCUT2D eigenvalue weighted by Gasteiger charge is 2.33. The Labute approximate surface area is 262 Å². The lowest BCUT2D eigenvalue weighted by atomic mass is 9.95. The van der Waals surface area contributed by atoms with Crippen LogP contribution in [0.2, 0.25) is 15.1 Å². The van der Waals surface area contributed by atoms with Gasteiger partial charge < -0.3 is 10.2 Å². The van der Waals surface area contributed by atoms with Crippen LogP contribution in [0.4, 0.5) is 5.69 Å². The Bertz CT molecular complexity index is 1530. The number of anilines is 1. The third-order valence-corrected chi connectivity index (χ3v) is 10.1. The topological polar surface area (TPSA) is 86.8 Å². The van der Waals surface area contributed by atoms with Crippen molar-refractivity contribution in [2.24, 2.45) is 0 Å². The van der Waals surface area contributed by atoms with Gasteiger partial charge in [-0.3, -0.25) is 13.9 Å². The molecule has 1 unspecified atom stereocenters. The second-order valence-electron chi connectivity index (χ2n) is 10.6. The van der Waals surface area contributed by atoms with Crippen LogP contribution < -0.4 is 9.62 Å². The standard InChI is InChI=1S/C31H34Cl3N3O4S/c1-21-11-15-28(16-12-21)42(40,41)37(27-10-6-7-24(32)17-27)20-30(38)36(19-23-13-14-25(33)18-29(23)34)22(2)31(39)35-26-8-4-3-5-9-26/h6-7,10-18,22,26H,3-5,8-9,19-20H2,1-2H3,(H,35,39). The monoisotopic (exact) mass is 649 g/mol. The zero-order valence-electron chi connectivity index (χ0n) is 23.5. The Morgan fingerprint density at radius 2 is 1.60 bits per heavy atom. The minimum atomic E-state index is -4.19. The summed E-state index contributed by atoms with van der Waals surface area (Å²) in [5.41, 5.74) is 1.69. The van der Waals surface area contributed by atoms with Crippen molar-refractivity contribution in [3.8, 4) is 0 Å². The number of carbonyl (C=O) groups is 2. The summed E-state index contributed by atoms with van der Waals surface area (Å²) in [5, 5.41) is 4.16. The van der Waals surface area contributed by atoms with E-state index in [0.717, 1.165) is 42.0 Å². The molecule has 2 amide bonds. The molecule has 0 aromatic heterocycles. The van der Waals surface area contributed by atoms with Crippen LogP contribution >= 0.6 is 34.8 Å². The number of carbonyl (C=O) groups excluding carboxylic acids is 2. The molecule has 1 atom stereocenters. The number of hydrogen-bond donors (Lipinski definition) is 1. The molecule has 1 aliphatic carbocycles. The van der Waals surface area contributed by atoms with Crippen molar-refractivity contribution >= 4 is 62.3 Å². The Balaban J connectivity index is 1.69. The summed E-state index contributed by atoms with van der Waals surface area (Å²) in [6, 6.07) is 16.7. The first-order chi connectivity index (χ1) is 20.0. The molecule has 0 aliphatic heterocycles. The summed E-state index contributed by atoms with van der Waals surface area (Å²) in [6.07, 6.45) is 4.97. The molecule has 0 saturated heterocycles. The fourth-order valence-electron chi connectivity index (χ4n) is 4.98. The lowest BCUT2D eigenvalue weighted by molar-refractivity contribution is -0.139. The molecular weight excluding hydrogens is 617 g/mol. The van der Waals surface area contributed by atoms with Gasteiger partial charge in [0, 0.05) is 27.7 Å². The van der Waals surface area contributed by atoms with Crippen molar-refractivity contribution in [3.63, 3.8) is 0 Å². The predicted octanol–water partition coefficient (Wildman–Crippen LogP) is 7.02. The Morgan fingerprint density at radius 3 is 2.24 bits per heavy atom. The average molecular weight is 651 g/mol. The number of aryl methyl sites for hydroxylation is 1. The highest BCUT2D eigenvalue weighted by Crippen LogP contribution is 2.28. The first-order valence-electron chi connectivity index (χ1n) is 13.8. The number of benzene rings is 3. The number of sulfonamides is 1. The Hall–Kier alpha value is -2.78. The zero-order valence-corrected chi connectivity index (χ0v) is 26.6. The van der Waals surface area contributed by atoms with E-state index in [1.54, 1.807) is 55.5 Å². The van der Waals surface area contributed by atoms with Gasteiger partial charge in [-0.25, -0.2) is 8.42 Å². The van der Waals surface area contributed by atoms with Gasteiger partial charge >= 0.3 is 0 Å². The predicted molar refractivity (Wildman–Crippen MR) is 169 cm³/mol. The highest BCUT2D eigenvalue weighted by molar-refractivity contribution is 7.92. The van der Waals surface area contributed by atoms with Crippen LogP contribution in [0.5, 0.6) is 0 Å². The van der Waals surface area contributed by atoms with Crippen molar-refractivity contribution in [2.45, 2.75) is 69.5 Å². The van der Waals surface area contributed by atoms with E-state index < -0.39 is 28.5 Å². The second kappa shape index (κ2) is 14.1. The normalized spacial score (nSPS) is 14.7. The summed E-state index contributed by atoms with van der Waals surface area (Å²) in [7, 11) is -4.19. The van der Waals surface area contributed by atoms with Gasteiger partial charge in [-0.15, -0.1) is 0 Å². The van der Waals surface area contributed by atoms with Gasteiger partial charge in [-0.05, 0) is 74.7 Å². The number of nitrogens with zero attached hydrogens (tertiary/aromatic N) is 2. The third kappa shape index (κ3) is 7.98. The molecule has 1 saturated carbocycles. The quantitative estimate of drug-likeness (QED) is 0.256. The average Bonchev–Trinajstić information content (AvgIpc) is 2.95. The Morgan fingerprint density at radius 1 is 0.929 bits per heavy atom. The number of amides is 2. The number of nitrogens with one attached hydrogen (secondary N) is 1. The molecule has 1 N–H and O–H groups in total. The van der Waals surface area contributed by atoms with Gasteiger partial charge in [0.25, 0.3) is 10.0 Å². The van der Waals surface area contributed by atoms with Gasteiger partial charge in [-0.1, -0.05) is 83.9 Å². The summed E-state index contributed by atoms with van der Waals surface area (Å²) in [5.74, 6) is -0.890. The van der Waals surface area contributed by atoms with Gasteiger partial charge in [0.05, 0.1) is 10.6 Å². The third-order valence-electron chi connectivity index (χ3n) is 7.46. The van der Waals surface area contributed by atoms with Crippen LogP contribution in [0.1, 0.15) is 50.2 Å². The van der Waals surface area contributed by atoms with E-state index >= 15 is 0 Å². The number of hydrogen-bond acceptors (Lipinski definition) is 4. The molecule has 3 aromatic rings. The fourth-order valence-corrected chi connectivity index (χ4v) is 7.04. The summed E-state index contributed by atoms with van der Waals surface area (Å²) in [4.78, 5) is 28.9. The maximum Gasteiger partial charge on any atom is 0.264 e. The minimum Gasteiger partial charge on any atom is -0.352 e. The number of rotatable bonds is 10. The molecule has 0 bridgehead atoms. The maximum atomic E-state index is 14.1. The van der Waals surface area contributed by atoms with Crippen LogP contribution in [0, 0.1) is 6.92 Å². The second-order valence-corrected chi connectivity index (χ2v) is 13.7. The summed E-state index contributed by atoms with van der Waals surface area (Å²) in [6.45, 7) is 2.90. The molecule has 1 aliphatic rings. The molecule has 11 heteroatoms. The van der Waals surface area contributed by atoms with Crippen molar-refractivity contribution in [2.75, 3.05) is 10.8 Å². The molecule has 0 spiro atoms. The first-order valence-corrected chi connectivity index (χ1v) is 16.4. The largest absolute Gasteiger partial charge is 0.352 e. The van der Waals surface area contributed by atoms with E-state index in [1.807, 2.05) is 6.92 Å². The molecule has 0 radical (unpaired) electrons. The molecule has 3 aromatic carbocycles. The van der Waals surface area contributed by atoms with Crippen LogP contribution in [0.25, 0.3) is 0 Å². The highest BCUT2D eigenvalue weighted by atomic mass is 35.5. The van der Waals surface area contributed by atoms with Crippen molar-refractivity contribution in [3.05, 3.63) is 92.9 Å². The molecule has 224 valence electrons. The Kier molecular flexibility index (Phi) is 10.8. The fraction of sp³-hybridized carbons (Fsp3) is 0.355. The van der Waals surface area contributed by atoms with E-state index in [-0.39, 0.29) is 29.1 Å². The molecule has 42 heavy (non-hydrogen) atoms. The number of halogens is 3. The molecular formula is C31H34Cl3N3O4S. The van der Waals surface area contributed by atoms with Crippen LogP contribution in [0.3, 0.4) is 0 Å². The van der Waals surface area contributed by atoms with Gasteiger partial charge in [-0.2, -0.15) is 0 Å². The van der Waals surface area contributed by atoms with Gasteiger partial charge in [0.1, 0.15) is 12.6 Å². The van der Waals surface area contributed by atoms with Crippen molar-refractivity contribution < 1.29 is 18.0 Å². The lowest BCUT2D eigenvalue weighted by Gasteiger charge is -2.33. The van der Waals surface area contributed by atoms with Crippen molar-refractivity contribution in [1.82, 2.24) is 10.2 Å². The van der Waals surface area contributed by atoms with E-state index in [2.05, 4.69) is 5.32 Å². The van der Waals surface area contributed by atoms with Crippen LogP contribution in [-0.2, 0) is 26.2 Å². The molecule has 0 heterocycles. The lowest BCUT2D eigenvalue weighted by Crippen LogP contribution is -2.53. The van der Waals surface area contributed by atoms with E-state index in [1.165, 1.54) is 23.1 Å². The van der Waals surface area contributed by atoms with Crippen LogP contribution in [-0.4, -0.2) is 43.8 Å². The van der Waals surface area contributed by atoms with Crippen molar-refractivity contribution in [1.29, 1.82) is 0 Å². The van der Waals surface area contributed by atoms with E-state index in [9.17, 15) is 18.0 Å². The molecule has 7 nitrogen and oxygen atoms in total. The zero-order chi connectivity index (χ0) is 30.4. The minimum absolute atomic E-state index is 0.0243. The van der Waals surface area contributed by atoms with Gasteiger partial charge in [0.15, 0.2) is 0 Å². The van der Waals surface area contributed by atoms with Crippen LogP contribution in [0.15, 0.2) is 71.6 Å². The SMILES string of the molecule is Cc1ccc(S(=O)(=O)N(CC(=O)N(Cc2ccc(Cl)cc2Cl)C(C)C(=O)NC2CCCCC2)c2cccc(Cl)c2)cc1. The molecule has 4 rings (SSSR count). The smallest absolute Gasteiger partial charge is 0.264 e. The van der Waals surface area contributed by atoms with E-state index in [0.29, 0.717) is 20.6 Å². The first kappa shape index (κ1) is 32.1. The summed E-state index contributed by atoms with van der Waals surface area (Å²) < 4.78 is 28.9.